The van der Waals surface area contributed by atoms with E-state index >= 15 is 0 Å². The Morgan fingerprint density at radius 2 is 1.06 bits per heavy atom. The van der Waals surface area contributed by atoms with Crippen molar-refractivity contribution in [2.45, 2.75) is 91.1 Å². The predicted octanol–water partition coefficient (Wildman–Crippen LogP) is 13.8. The van der Waals surface area contributed by atoms with E-state index in [4.69, 9.17) is 77.4 Å². The lowest BCUT2D eigenvalue weighted by molar-refractivity contribution is -0.158. The minimum atomic E-state index is -0.437. The fourth-order valence-corrected chi connectivity index (χ4v) is 13.0. The SMILES string of the molecule is CCOC(=O)C1(CCN2CCCC2)CCN(c2nc(NCc3ccc(Cl)cc3Cl)c3sccc3n2)CC1.CCOC(=O)C1(CCN2CCCC2)CCNCC1.Cl.Cl.Clc1ccc(CNc2nc(Cl)nc3ccsc23)c(Cl)c1. The van der Waals surface area contributed by atoms with Crippen molar-refractivity contribution in [3.05, 3.63) is 95.8 Å². The molecule has 77 heavy (non-hydrogen) atoms. The van der Waals surface area contributed by atoms with Crippen LogP contribution in [0.2, 0.25) is 25.4 Å². The summed E-state index contributed by atoms with van der Waals surface area (Å²) in [7, 11) is 0. The molecule has 4 fully saturated rings. The third-order valence-corrected chi connectivity index (χ3v) is 17.8. The van der Waals surface area contributed by atoms with Gasteiger partial charge in [0.15, 0.2) is 0 Å². The minimum absolute atomic E-state index is 0. The van der Waals surface area contributed by atoms with Crippen LogP contribution in [0.15, 0.2) is 59.3 Å². The molecule has 4 saturated heterocycles. The molecule has 0 atom stereocenters. The number of halogens is 7. The van der Waals surface area contributed by atoms with E-state index in [1.807, 2.05) is 54.9 Å². The van der Waals surface area contributed by atoms with Crippen LogP contribution in [0.25, 0.3) is 20.4 Å². The second-order valence-corrected chi connectivity index (χ2v) is 23.4. The van der Waals surface area contributed by atoms with Crippen molar-refractivity contribution < 1.29 is 19.1 Å². The van der Waals surface area contributed by atoms with Gasteiger partial charge in [-0.1, -0.05) is 58.5 Å². The molecule has 0 aliphatic carbocycles. The number of nitrogens with one attached hydrogen (secondary N) is 3. The molecule has 0 spiro atoms. The summed E-state index contributed by atoms with van der Waals surface area (Å²) < 4.78 is 12.9. The molecule has 4 aliphatic heterocycles. The Hall–Kier alpha value is -3.23. The minimum Gasteiger partial charge on any atom is -0.466 e. The van der Waals surface area contributed by atoms with E-state index in [0.717, 1.165) is 128 Å². The Balaban J connectivity index is 0.000000203. The van der Waals surface area contributed by atoms with Gasteiger partial charge in [0.05, 0.1) is 44.5 Å². The van der Waals surface area contributed by atoms with Gasteiger partial charge in [0, 0.05) is 46.3 Å². The molecule has 14 nitrogen and oxygen atoms in total. The number of fused-ring (bicyclic) bond motifs is 2. The summed E-state index contributed by atoms with van der Waals surface area (Å²) in [4.78, 5) is 50.7. The highest BCUT2D eigenvalue weighted by atomic mass is 35.5. The maximum Gasteiger partial charge on any atom is 0.312 e. The van der Waals surface area contributed by atoms with Crippen molar-refractivity contribution >= 4 is 155 Å². The van der Waals surface area contributed by atoms with Gasteiger partial charge in [-0.15, -0.1) is 47.5 Å². The van der Waals surface area contributed by atoms with Gasteiger partial charge in [0.1, 0.15) is 11.6 Å². The summed E-state index contributed by atoms with van der Waals surface area (Å²) in [6.45, 7) is 15.8. The molecule has 0 amide bonds. The fraction of sp³-hybridized carbons (Fsp3) is 0.519. The smallest absolute Gasteiger partial charge is 0.312 e. The number of piperidine rings is 2. The molecule has 10 rings (SSSR count). The van der Waals surface area contributed by atoms with Gasteiger partial charge < -0.3 is 40.1 Å². The van der Waals surface area contributed by atoms with Crippen molar-refractivity contribution in [3.8, 4) is 0 Å². The van der Waals surface area contributed by atoms with Crippen LogP contribution in [-0.2, 0) is 32.2 Å². The summed E-state index contributed by atoms with van der Waals surface area (Å²) in [6.07, 6.45) is 10.3. The van der Waals surface area contributed by atoms with E-state index in [1.165, 1.54) is 38.8 Å². The van der Waals surface area contributed by atoms with E-state index < -0.39 is 5.41 Å². The van der Waals surface area contributed by atoms with Crippen molar-refractivity contribution in [1.82, 2.24) is 35.1 Å². The summed E-state index contributed by atoms with van der Waals surface area (Å²) in [5.74, 6) is 2.17. The van der Waals surface area contributed by atoms with Gasteiger partial charge in [0.25, 0.3) is 0 Å². The lowest BCUT2D eigenvalue weighted by Gasteiger charge is -2.40. The molecule has 420 valence electrons. The summed E-state index contributed by atoms with van der Waals surface area (Å²) >= 11 is 33.5. The third-order valence-electron chi connectivity index (χ3n) is 14.7. The first kappa shape index (κ1) is 63.0. The molecule has 6 aromatic rings. The molecule has 4 aliphatic rings. The molecule has 4 aromatic heterocycles. The first-order valence-electron chi connectivity index (χ1n) is 26.1. The predicted molar refractivity (Wildman–Crippen MR) is 324 cm³/mol. The molecule has 0 saturated carbocycles. The number of hydrogen-bond acceptors (Lipinski definition) is 16. The first-order chi connectivity index (χ1) is 36.4. The van der Waals surface area contributed by atoms with Crippen LogP contribution in [-0.4, -0.2) is 120 Å². The lowest BCUT2D eigenvalue weighted by Crippen LogP contribution is -2.47. The van der Waals surface area contributed by atoms with Crippen molar-refractivity contribution in [3.63, 3.8) is 0 Å². The average Bonchev–Trinajstić information content (AvgIpc) is 4.29. The molecule has 23 heteroatoms. The summed E-state index contributed by atoms with van der Waals surface area (Å²) in [5, 5.41) is 16.7. The Bertz CT molecular complexity index is 2840. The Morgan fingerprint density at radius 1 is 0.610 bits per heavy atom. The van der Waals surface area contributed by atoms with Crippen molar-refractivity contribution in [2.24, 2.45) is 10.8 Å². The molecule has 0 bridgehead atoms. The zero-order chi connectivity index (χ0) is 52.8. The van der Waals surface area contributed by atoms with Crippen LogP contribution in [0, 0.1) is 10.8 Å². The monoisotopic (exact) mass is 1230 g/mol. The Morgan fingerprint density at radius 3 is 1.53 bits per heavy atom. The van der Waals surface area contributed by atoms with Gasteiger partial charge in [-0.2, -0.15) is 9.97 Å². The zero-order valence-corrected chi connectivity index (χ0v) is 50.6. The number of carbonyl (C=O) groups is 2. The van der Waals surface area contributed by atoms with Crippen LogP contribution in [0.1, 0.15) is 89.2 Å². The second kappa shape index (κ2) is 30.5. The number of rotatable bonds is 17. The number of thiophene rings is 2. The summed E-state index contributed by atoms with van der Waals surface area (Å²) in [5.41, 5.74) is 2.98. The number of likely N-dealkylation sites (tertiary alicyclic amines) is 2. The van der Waals surface area contributed by atoms with E-state index in [0.29, 0.717) is 58.2 Å². The molecule has 0 unspecified atom stereocenters. The van der Waals surface area contributed by atoms with Crippen LogP contribution >= 0.6 is 105 Å². The summed E-state index contributed by atoms with van der Waals surface area (Å²) in [6, 6.07) is 14.8. The van der Waals surface area contributed by atoms with Crippen LogP contribution < -0.4 is 20.9 Å². The number of aromatic nitrogens is 4. The van der Waals surface area contributed by atoms with E-state index in [-0.39, 0.29) is 47.5 Å². The molecular weight excluding hydrogens is 1160 g/mol. The van der Waals surface area contributed by atoms with Crippen LogP contribution in [0.3, 0.4) is 0 Å². The van der Waals surface area contributed by atoms with Gasteiger partial charge in [-0.3, -0.25) is 9.59 Å². The average molecular weight is 1230 g/mol. The molecule has 8 heterocycles. The van der Waals surface area contributed by atoms with Gasteiger partial charge >= 0.3 is 11.9 Å². The Kier molecular flexibility index (Phi) is 25.0. The number of carbonyl (C=O) groups excluding carboxylic acids is 2. The molecule has 3 N–H and O–H groups in total. The lowest BCUT2D eigenvalue weighted by atomic mass is 9.75. The van der Waals surface area contributed by atoms with Crippen LogP contribution in [0.4, 0.5) is 17.6 Å². The quantitative estimate of drug-likeness (QED) is 0.0587. The van der Waals surface area contributed by atoms with E-state index in [2.05, 4.69) is 40.6 Å². The number of anilines is 3. The highest BCUT2D eigenvalue weighted by Crippen LogP contribution is 2.40. The maximum atomic E-state index is 13.1. The van der Waals surface area contributed by atoms with Crippen molar-refractivity contribution in [2.75, 3.05) is 94.2 Å². The van der Waals surface area contributed by atoms with Gasteiger partial charge in [-0.05, 0) is 200 Å². The topological polar surface area (TPSA) is 150 Å². The number of ether oxygens (including phenoxy) is 2. The number of benzene rings is 2. The van der Waals surface area contributed by atoms with E-state index in [1.54, 1.807) is 40.9 Å². The van der Waals surface area contributed by atoms with Crippen molar-refractivity contribution in [1.29, 1.82) is 0 Å². The zero-order valence-electron chi connectivity index (χ0n) is 43.5. The van der Waals surface area contributed by atoms with Gasteiger partial charge in [-0.25, -0.2) is 9.97 Å². The van der Waals surface area contributed by atoms with E-state index in [9.17, 15) is 9.59 Å². The van der Waals surface area contributed by atoms with Gasteiger partial charge in [0.2, 0.25) is 11.2 Å². The third kappa shape index (κ3) is 16.9. The molecule has 0 radical (unpaired) electrons. The fourth-order valence-electron chi connectivity index (χ4n) is 10.2. The maximum absolute atomic E-state index is 13.1. The standard InChI is InChI=1S/C27H33Cl2N5O2S.C14H26N2O2.C13H8Cl3N3S.2ClH/c1-2-36-25(35)27(8-13-33-11-3-4-12-33)9-14-34(15-10-27)26-31-22-7-16-37-23(22)24(32-26)30-18-19-5-6-20(28)17-21(19)29;1-2-18-13(17)14(5-8-15-9-6-14)7-12-16-10-3-4-11-16;14-8-2-1-7(9(15)5-8)6-17-12-11-10(3-4-20-11)18-13(16)19-12;;/h5-7,16-17H,2-4,8-15,18H2,1H3,(H,30,31,32);15H,2-12H2,1H3;1-5H,6H2,(H,17,18,19);2*1H. The van der Waals surface area contributed by atoms with Crippen LogP contribution in [0.5, 0.6) is 0 Å². The number of nitrogens with zero attached hydrogens (tertiary/aromatic N) is 7. The Labute approximate surface area is 497 Å². The highest BCUT2D eigenvalue weighted by molar-refractivity contribution is 7.18. The molecular formula is C54H69Cl7N10O4S2. The first-order valence-corrected chi connectivity index (χ1v) is 29.8. The normalized spacial score (nSPS) is 17.1. The highest BCUT2D eigenvalue weighted by Gasteiger charge is 2.44. The number of hydrogen-bond donors (Lipinski definition) is 3. The second-order valence-electron chi connectivity index (χ2n) is 19.5. The number of esters is 2. The molecule has 2 aromatic carbocycles. The largest absolute Gasteiger partial charge is 0.466 e.